The highest BCUT2D eigenvalue weighted by Crippen LogP contribution is 2.28. The molecule has 74 valence electrons. The summed E-state index contributed by atoms with van der Waals surface area (Å²) < 4.78 is 4.94. The van der Waals surface area contributed by atoms with Crippen LogP contribution in [0.15, 0.2) is 12.2 Å². The van der Waals surface area contributed by atoms with Gasteiger partial charge in [0.1, 0.15) is 0 Å². The fraction of sp³-hybridized carbons (Fsp3) is 0.700. The van der Waals surface area contributed by atoms with Gasteiger partial charge in [0.25, 0.3) is 0 Å². The smallest absolute Gasteiger partial charge is 0.314 e. The summed E-state index contributed by atoms with van der Waals surface area (Å²) >= 11 is 0. The molecule has 0 radical (unpaired) electrons. The van der Waals surface area contributed by atoms with Gasteiger partial charge in [0.05, 0.1) is 12.5 Å². The Balaban J connectivity index is 2.62. The van der Waals surface area contributed by atoms with Gasteiger partial charge in [-0.05, 0) is 26.2 Å². The maximum atomic E-state index is 11.5. The highest BCUT2D eigenvalue weighted by atomic mass is 16.5. The molecule has 0 spiro atoms. The Labute approximate surface area is 78.9 Å². The highest BCUT2D eigenvalue weighted by molar-refractivity contribution is 5.76. The largest absolute Gasteiger partial charge is 0.465 e. The molecule has 0 aromatic rings. The van der Waals surface area contributed by atoms with Gasteiger partial charge in [0.15, 0.2) is 0 Å². The molecule has 0 saturated heterocycles. The first-order chi connectivity index (χ1) is 6.16. The van der Waals surface area contributed by atoms with Crippen molar-refractivity contribution in [1.82, 2.24) is 0 Å². The minimum absolute atomic E-state index is 0.0969. The molecule has 3 heteroatoms. The lowest BCUT2D eigenvalue weighted by atomic mass is 9.81. The van der Waals surface area contributed by atoms with Crippen LogP contribution in [0.25, 0.3) is 0 Å². The zero-order valence-corrected chi connectivity index (χ0v) is 8.08. The van der Waals surface area contributed by atoms with E-state index in [0.717, 1.165) is 24.8 Å². The molecule has 1 rings (SSSR count). The monoisotopic (exact) mass is 183 g/mol. The van der Waals surface area contributed by atoms with E-state index in [1.807, 2.05) is 0 Å². The molecule has 1 aliphatic rings. The Morgan fingerprint density at radius 3 is 3.00 bits per heavy atom. The number of hydrogen-bond acceptors (Lipinski definition) is 3. The third kappa shape index (κ3) is 2.31. The molecule has 0 bridgehead atoms. The van der Waals surface area contributed by atoms with Gasteiger partial charge in [-0.15, -0.1) is 0 Å². The molecule has 0 amide bonds. The Kier molecular flexibility index (Phi) is 3.48. The summed E-state index contributed by atoms with van der Waals surface area (Å²) in [5, 5.41) is 0. The van der Waals surface area contributed by atoms with Crippen LogP contribution in [0.3, 0.4) is 0 Å². The van der Waals surface area contributed by atoms with Crippen LogP contribution < -0.4 is 5.73 Å². The van der Waals surface area contributed by atoms with E-state index in [2.05, 4.69) is 6.58 Å². The van der Waals surface area contributed by atoms with E-state index in [4.69, 9.17) is 10.5 Å². The fourth-order valence-corrected chi connectivity index (χ4v) is 1.76. The quantitative estimate of drug-likeness (QED) is 0.517. The number of nitrogens with two attached hydrogens (primary N) is 1. The van der Waals surface area contributed by atoms with Gasteiger partial charge < -0.3 is 10.5 Å². The normalized spacial score (nSPS) is 28.6. The molecule has 2 atom stereocenters. The summed E-state index contributed by atoms with van der Waals surface area (Å²) in [6.45, 7) is 6.08. The number of ether oxygens (including phenoxy) is 1. The van der Waals surface area contributed by atoms with E-state index < -0.39 is 0 Å². The van der Waals surface area contributed by atoms with Crippen LogP contribution in [0.2, 0.25) is 0 Å². The van der Waals surface area contributed by atoms with E-state index in [9.17, 15) is 4.79 Å². The number of esters is 1. The molecule has 0 aromatic carbocycles. The second-order valence-electron chi connectivity index (χ2n) is 3.44. The van der Waals surface area contributed by atoms with E-state index in [-0.39, 0.29) is 17.9 Å². The summed E-state index contributed by atoms with van der Waals surface area (Å²) in [5.41, 5.74) is 6.77. The summed E-state index contributed by atoms with van der Waals surface area (Å²) in [4.78, 5) is 11.5. The van der Waals surface area contributed by atoms with E-state index in [1.54, 1.807) is 6.92 Å². The molecule has 0 aliphatic heterocycles. The molecule has 0 unspecified atom stereocenters. The summed E-state index contributed by atoms with van der Waals surface area (Å²) in [6, 6.07) is -0.0969. The number of hydrogen-bond donors (Lipinski definition) is 1. The maximum Gasteiger partial charge on any atom is 0.314 e. The van der Waals surface area contributed by atoms with Crippen molar-refractivity contribution in [2.45, 2.75) is 32.2 Å². The standard InChI is InChI=1S/C10H17NO2/c1-3-13-10(12)9-7(2)5-4-6-8(9)11/h8-9H,2-6,11H2,1H3/t8-,9+/m1/s1. The fourth-order valence-electron chi connectivity index (χ4n) is 1.76. The predicted octanol–water partition coefficient (Wildman–Crippen LogP) is 1.23. The molecule has 1 aliphatic carbocycles. The van der Waals surface area contributed by atoms with Gasteiger partial charge in [-0.1, -0.05) is 12.2 Å². The van der Waals surface area contributed by atoms with Gasteiger partial charge in [-0.2, -0.15) is 0 Å². The minimum atomic E-state index is -0.270. The van der Waals surface area contributed by atoms with Crippen LogP contribution in [0.5, 0.6) is 0 Å². The Morgan fingerprint density at radius 1 is 1.77 bits per heavy atom. The second kappa shape index (κ2) is 4.42. The van der Waals surface area contributed by atoms with Crippen LogP contribution in [-0.4, -0.2) is 18.6 Å². The maximum absolute atomic E-state index is 11.5. The van der Waals surface area contributed by atoms with Crippen LogP contribution >= 0.6 is 0 Å². The Hall–Kier alpha value is -0.830. The van der Waals surface area contributed by atoms with E-state index >= 15 is 0 Å². The molecule has 0 aromatic heterocycles. The number of rotatable bonds is 2. The zero-order valence-electron chi connectivity index (χ0n) is 8.08. The first-order valence-corrected chi connectivity index (χ1v) is 4.76. The van der Waals surface area contributed by atoms with Crippen molar-refractivity contribution in [3.05, 3.63) is 12.2 Å². The summed E-state index contributed by atoms with van der Waals surface area (Å²) in [6.07, 6.45) is 2.83. The first kappa shape index (κ1) is 10.3. The molecule has 1 saturated carbocycles. The zero-order chi connectivity index (χ0) is 9.84. The van der Waals surface area contributed by atoms with Crippen LogP contribution in [-0.2, 0) is 9.53 Å². The molecule has 2 N–H and O–H groups in total. The lowest BCUT2D eigenvalue weighted by molar-refractivity contribution is -0.147. The van der Waals surface area contributed by atoms with Crippen LogP contribution in [0.1, 0.15) is 26.2 Å². The molecule has 0 heterocycles. The van der Waals surface area contributed by atoms with Crippen molar-refractivity contribution in [2.75, 3.05) is 6.61 Å². The Bertz CT molecular complexity index is 213. The van der Waals surface area contributed by atoms with Gasteiger partial charge in [-0.25, -0.2) is 0 Å². The van der Waals surface area contributed by atoms with Crippen molar-refractivity contribution in [3.8, 4) is 0 Å². The van der Waals surface area contributed by atoms with Crippen molar-refractivity contribution < 1.29 is 9.53 Å². The van der Waals surface area contributed by atoms with Gasteiger partial charge >= 0.3 is 5.97 Å². The molecule has 3 nitrogen and oxygen atoms in total. The van der Waals surface area contributed by atoms with E-state index in [0.29, 0.717) is 6.61 Å². The van der Waals surface area contributed by atoms with Gasteiger partial charge in [-0.3, -0.25) is 4.79 Å². The van der Waals surface area contributed by atoms with Crippen LogP contribution in [0, 0.1) is 5.92 Å². The molecule has 1 fully saturated rings. The van der Waals surface area contributed by atoms with E-state index in [1.165, 1.54) is 0 Å². The molecular formula is C10H17NO2. The van der Waals surface area contributed by atoms with Crippen molar-refractivity contribution >= 4 is 5.97 Å². The molecular weight excluding hydrogens is 166 g/mol. The predicted molar refractivity (Wildman–Crippen MR) is 51.1 cm³/mol. The topological polar surface area (TPSA) is 52.3 Å². The summed E-state index contributed by atoms with van der Waals surface area (Å²) in [5.74, 6) is -0.478. The van der Waals surface area contributed by atoms with Gasteiger partial charge in [0, 0.05) is 6.04 Å². The highest BCUT2D eigenvalue weighted by Gasteiger charge is 2.32. The number of carbonyl (C=O) groups is 1. The second-order valence-corrected chi connectivity index (χ2v) is 3.44. The van der Waals surface area contributed by atoms with Crippen molar-refractivity contribution in [2.24, 2.45) is 11.7 Å². The molecule has 13 heavy (non-hydrogen) atoms. The van der Waals surface area contributed by atoms with Crippen molar-refractivity contribution in [1.29, 1.82) is 0 Å². The SMILES string of the molecule is C=C1CCC[C@@H](N)[C@H]1C(=O)OCC. The third-order valence-corrected chi connectivity index (χ3v) is 2.44. The lowest BCUT2D eigenvalue weighted by Crippen LogP contribution is -2.40. The Morgan fingerprint density at radius 2 is 2.46 bits per heavy atom. The minimum Gasteiger partial charge on any atom is -0.465 e. The average Bonchev–Trinajstić information content (AvgIpc) is 2.04. The number of carbonyl (C=O) groups excluding carboxylic acids is 1. The first-order valence-electron chi connectivity index (χ1n) is 4.76. The lowest BCUT2D eigenvalue weighted by Gasteiger charge is -2.28. The van der Waals surface area contributed by atoms with Crippen molar-refractivity contribution in [3.63, 3.8) is 0 Å². The van der Waals surface area contributed by atoms with Gasteiger partial charge in [0.2, 0.25) is 0 Å². The van der Waals surface area contributed by atoms with Crippen LogP contribution in [0.4, 0.5) is 0 Å². The third-order valence-electron chi connectivity index (χ3n) is 2.44. The summed E-state index contributed by atoms with van der Waals surface area (Å²) in [7, 11) is 0. The average molecular weight is 183 g/mol.